The lowest BCUT2D eigenvalue weighted by Gasteiger charge is -2.18. The minimum absolute atomic E-state index is 0.0979. The van der Waals surface area contributed by atoms with Crippen molar-refractivity contribution in [3.8, 4) is 11.5 Å². The number of carboxylic acid groups (broad SMARTS) is 1. The van der Waals surface area contributed by atoms with E-state index in [9.17, 15) is 9.90 Å². The summed E-state index contributed by atoms with van der Waals surface area (Å²) in [5, 5.41) is 10.5. The lowest BCUT2D eigenvalue weighted by Crippen LogP contribution is -2.10. The average molecular weight is 346 g/mol. The van der Waals surface area contributed by atoms with Crippen molar-refractivity contribution in [1.29, 1.82) is 0 Å². The smallest absolute Gasteiger partial charge is 0.356 e. The molecule has 0 atom stereocenters. The van der Waals surface area contributed by atoms with Crippen LogP contribution in [0.2, 0.25) is 0 Å². The molecule has 1 N–H and O–H groups in total. The molecule has 2 heterocycles. The molecule has 0 aliphatic carbocycles. The number of aromatic nitrogens is 2. The van der Waals surface area contributed by atoms with Gasteiger partial charge in [0.2, 0.25) is 0 Å². The molecule has 4 rings (SSSR count). The summed E-state index contributed by atoms with van der Waals surface area (Å²) < 4.78 is 6.09. The number of nitrogens with zero attached hydrogens (tertiary/aromatic N) is 2. The molecule has 0 amide bonds. The highest BCUT2D eigenvalue weighted by Gasteiger charge is 2.23. The van der Waals surface area contributed by atoms with Crippen molar-refractivity contribution in [3.63, 3.8) is 0 Å². The van der Waals surface area contributed by atoms with Crippen LogP contribution < -0.4 is 0 Å². The van der Waals surface area contributed by atoms with Crippen molar-refractivity contribution in [2.24, 2.45) is 0 Å². The number of fused-ring (bicyclic) bond motifs is 2. The molecular weight excluding hydrogens is 328 g/mol. The molecule has 0 radical (unpaired) electrons. The lowest BCUT2D eigenvalue weighted by molar-refractivity contribution is 0.0691. The second-order valence-corrected chi connectivity index (χ2v) is 7.30. The minimum Gasteiger partial charge on any atom is -0.476 e. The number of furan rings is 1. The van der Waals surface area contributed by atoms with Crippen molar-refractivity contribution in [1.82, 2.24) is 9.97 Å². The third kappa shape index (κ3) is 2.62. The van der Waals surface area contributed by atoms with Gasteiger partial charge in [-0.1, -0.05) is 51.1 Å². The number of carbonyl (C=O) groups is 1. The zero-order chi connectivity index (χ0) is 18.5. The maximum atomic E-state index is 11.7. The molecule has 0 bridgehead atoms. The van der Waals surface area contributed by atoms with Crippen LogP contribution >= 0.6 is 0 Å². The molecule has 5 heteroatoms. The number of rotatable bonds is 2. The van der Waals surface area contributed by atoms with Crippen LogP contribution in [-0.4, -0.2) is 21.0 Å². The van der Waals surface area contributed by atoms with Gasteiger partial charge in [-0.05, 0) is 23.6 Å². The molecule has 2 aromatic heterocycles. The summed E-state index contributed by atoms with van der Waals surface area (Å²) in [4.78, 5) is 20.5. The first kappa shape index (κ1) is 16.3. The Bertz CT molecular complexity index is 1150. The molecule has 2 aromatic carbocycles. The van der Waals surface area contributed by atoms with Gasteiger partial charge in [0.15, 0.2) is 11.5 Å². The highest BCUT2D eigenvalue weighted by Crippen LogP contribution is 2.35. The normalized spacial score (nSPS) is 12.0. The minimum atomic E-state index is -1.13. The first-order valence-corrected chi connectivity index (χ1v) is 8.38. The third-order valence-corrected chi connectivity index (χ3v) is 4.36. The standard InChI is InChI=1S/C21H18N2O3/c1-21(2,3)13-8-6-7-12-11-16(26-19(12)13)17-18(20(24)25)23-15-10-5-4-9-14(15)22-17/h4-11H,1-3H3,(H,24,25). The summed E-state index contributed by atoms with van der Waals surface area (Å²) in [5.74, 6) is -0.720. The van der Waals surface area contributed by atoms with Gasteiger partial charge in [0.05, 0.1) is 11.0 Å². The first-order chi connectivity index (χ1) is 12.3. The third-order valence-electron chi connectivity index (χ3n) is 4.36. The van der Waals surface area contributed by atoms with E-state index in [1.54, 1.807) is 18.2 Å². The molecule has 0 saturated carbocycles. The zero-order valence-electron chi connectivity index (χ0n) is 14.8. The molecule has 5 nitrogen and oxygen atoms in total. The fraction of sp³-hybridized carbons (Fsp3) is 0.190. The highest BCUT2D eigenvalue weighted by atomic mass is 16.4. The van der Waals surface area contributed by atoms with Crippen molar-refractivity contribution < 1.29 is 14.3 Å². The molecule has 0 unspecified atom stereocenters. The second kappa shape index (κ2) is 5.66. The number of carboxylic acids is 1. The van der Waals surface area contributed by atoms with Crippen LogP contribution in [0.25, 0.3) is 33.5 Å². The van der Waals surface area contributed by atoms with E-state index in [2.05, 4.69) is 30.7 Å². The largest absolute Gasteiger partial charge is 0.476 e. The van der Waals surface area contributed by atoms with Crippen molar-refractivity contribution in [3.05, 3.63) is 59.8 Å². The molecule has 0 aliphatic rings. The van der Waals surface area contributed by atoms with Gasteiger partial charge in [-0.15, -0.1) is 0 Å². The molecule has 0 fully saturated rings. The summed E-state index contributed by atoms with van der Waals surface area (Å²) >= 11 is 0. The summed E-state index contributed by atoms with van der Waals surface area (Å²) in [6.07, 6.45) is 0. The molecule has 0 spiro atoms. The van der Waals surface area contributed by atoms with E-state index in [1.807, 2.05) is 30.3 Å². The topological polar surface area (TPSA) is 76.2 Å². The molecule has 0 aliphatic heterocycles. The van der Waals surface area contributed by atoms with Crippen LogP contribution in [0.3, 0.4) is 0 Å². The SMILES string of the molecule is CC(C)(C)c1cccc2cc(-c3nc4ccccc4nc3C(=O)O)oc12. The van der Waals surface area contributed by atoms with E-state index < -0.39 is 5.97 Å². The predicted molar refractivity (Wildman–Crippen MR) is 100 cm³/mol. The van der Waals surface area contributed by atoms with Gasteiger partial charge in [0.1, 0.15) is 11.3 Å². The fourth-order valence-electron chi connectivity index (χ4n) is 3.09. The van der Waals surface area contributed by atoms with Crippen LogP contribution in [0.5, 0.6) is 0 Å². The average Bonchev–Trinajstić information content (AvgIpc) is 3.03. The zero-order valence-corrected chi connectivity index (χ0v) is 14.8. The highest BCUT2D eigenvalue weighted by molar-refractivity contribution is 5.96. The van der Waals surface area contributed by atoms with Crippen LogP contribution in [0.1, 0.15) is 36.8 Å². The van der Waals surface area contributed by atoms with Crippen LogP contribution in [0.4, 0.5) is 0 Å². The Labute approximate surface area is 150 Å². The van der Waals surface area contributed by atoms with E-state index in [0.29, 0.717) is 16.8 Å². The Morgan fingerprint density at radius 1 is 1.00 bits per heavy atom. The van der Waals surface area contributed by atoms with E-state index in [-0.39, 0.29) is 16.8 Å². The monoisotopic (exact) mass is 346 g/mol. The summed E-state index contributed by atoms with van der Waals surface area (Å²) in [7, 11) is 0. The van der Waals surface area contributed by atoms with E-state index in [4.69, 9.17) is 4.42 Å². The Morgan fingerprint density at radius 3 is 2.35 bits per heavy atom. The Hall–Kier alpha value is -3.21. The van der Waals surface area contributed by atoms with Gasteiger partial charge >= 0.3 is 5.97 Å². The molecular formula is C21H18N2O3. The van der Waals surface area contributed by atoms with Gasteiger partial charge in [0, 0.05) is 10.9 Å². The summed E-state index contributed by atoms with van der Waals surface area (Å²) in [6.45, 7) is 6.34. The van der Waals surface area contributed by atoms with Crippen LogP contribution in [0, 0.1) is 0 Å². The van der Waals surface area contributed by atoms with Gasteiger partial charge in [-0.2, -0.15) is 0 Å². The Balaban J connectivity index is 2.01. The molecule has 130 valence electrons. The number of hydrogen-bond acceptors (Lipinski definition) is 4. The quantitative estimate of drug-likeness (QED) is 0.550. The van der Waals surface area contributed by atoms with Crippen molar-refractivity contribution >= 4 is 28.0 Å². The second-order valence-electron chi connectivity index (χ2n) is 7.30. The van der Waals surface area contributed by atoms with Crippen LogP contribution in [-0.2, 0) is 5.41 Å². The predicted octanol–water partition coefficient (Wildman–Crippen LogP) is 5.04. The summed E-state index contributed by atoms with van der Waals surface area (Å²) in [5.41, 5.74) is 3.02. The van der Waals surface area contributed by atoms with Gasteiger partial charge in [-0.25, -0.2) is 14.8 Å². The number of hydrogen-bond donors (Lipinski definition) is 1. The van der Waals surface area contributed by atoms with Crippen molar-refractivity contribution in [2.45, 2.75) is 26.2 Å². The van der Waals surface area contributed by atoms with Gasteiger partial charge in [0.25, 0.3) is 0 Å². The number of aromatic carboxylic acids is 1. The maximum absolute atomic E-state index is 11.7. The van der Waals surface area contributed by atoms with Gasteiger partial charge in [-0.3, -0.25) is 0 Å². The number of para-hydroxylation sites is 3. The summed E-state index contributed by atoms with van der Waals surface area (Å²) in [6, 6.07) is 15.0. The van der Waals surface area contributed by atoms with Crippen molar-refractivity contribution in [2.75, 3.05) is 0 Å². The first-order valence-electron chi connectivity index (χ1n) is 8.38. The molecule has 0 saturated heterocycles. The Morgan fingerprint density at radius 2 is 1.69 bits per heavy atom. The van der Waals surface area contributed by atoms with E-state index in [0.717, 1.165) is 16.5 Å². The van der Waals surface area contributed by atoms with E-state index in [1.165, 1.54) is 0 Å². The van der Waals surface area contributed by atoms with Gasteiger partial charge < -0.3 is 9.52 Å². The fourth-order valence-corrected chi connectivity index (χ4v) is 3.09. The lowest BCUT2D eigenvalue weighted by atomic mass is 9.86. The molecule has 26 heavy (non-hydrogen) atoms. The Kier molecular flexibility index (Phi) is 3.54. The van der Waals surface area contributed by atoms with E-state index >= 15 is 0 Å². The molecule has 4 aromatic rings. The maximum Gasteiger partial charge on any atom is 0.356 e. The van der Waals surface area contributed by atoms with Crippen LogP contribution in [0.15, 0.2) is 52.9 Å². The number of benzene rings is 2.